The Kier molecular flexibility index (Phi) is 4.63. The van der Waals surface area contributed by atoms with Crippen molar-refractivity contribution in [3.63, 3.8) is 0 Å². The Labute approximate surface area is 122 Å². The van der Waals surface area contributed by atoms with Gasteiger partial charge in [0, 0.05) is 12.0 Å². The van der Waals surface area contributed by atoms with Gasteiger partial charge in [0.2, 0.25) is 11.0 Å². The molecule has 0 radical (unpaired) electrons. The number of amides is 1. The third-order valence-electron chi connectivity index (χ3n) is 2.67. The maximum Gasteiger partial charge on any atom is 0.250 e. The molecule has 0 spiro atoms. The van der Waals surface area contributed by atoms with E-state index in [9.17, 15) is 4.79 Å². The molecule has 2 rings (SSSR count). The molecule has 1 N–H and O–H groups in total. The summed E-state index contributed by atoms with van der Waals surface area (Å²) in [6.07, 6.45) is 3.28. The van der Waals surface area contributed by atoms with Crippen LogP contribution in [-0.4, -0.2) is 16.1 Å². The lowest BCUT2D eigenvalue weighted by molar-refractivity contribution is -0.111. The molecule has 1 amide bonds. The van der Waals surface area contributed by atoms with E-state index in [1.165, 1.54) is 23.0 Å². The topological polar surface area (TPSA) is 54.9 Å². The van der Waals surface area contributed by atoms with Crippen molar-refractivity contribution < 1.29 is 4.79 Å². The third-order valence-corrected chi connectivity index (χ3v) is 3.81. The molecule has 5 heteroatoms. The van der Waals surface area contributed by atoms with Crippen molar-refractivity contribution in [3.05, 3.63) is 46.5 Å². The second kappa shape index (κ2) is 6.43. The number of anilines is 1. The number of benzene rings is 1. The van der Waals surface area contributed by atoms with E-state index in [4.69, 9.17) is 0 Å². The summed E-state index contributed by atoms with van der Waals surface area (Å²) in [6, 6.07) is 7.97. The van der Waals surface area contributed by atoms with Gasteiger partial charge in [0.1, 0.15) is 5.01 Å². The highest BCUT2D eigenvalue weighted by Gasteiger charge is 2.08. The summed E-state index contributed by atoms with van der Waals surface area (Å²) in [6.45, 7) is 6.12. The zero-order valence-corrected chi connectivity index (χ0v) is 12.6. The van der Waals surface area contributed by atoms with Crippen LogP contribution in [0.3, 0.4) is 0 Å². The van der Waals surface area contributed by atoms with E-state index in [1.54, 1.807) is 6.08 Å². The Bertz CT molecular complexity index is 614. The number of rotatable bonds is 4. The first-order valence-corrected chi connectivity index (χ1v) is 7.25. The van der Waals surface area contributed by atoms with Gasteiger partial charge in [-0.3, -0.25) is 10.1 Å². The standard InChI is InChI=1S/C15H17N3OS/c1-10(2)14-17-18-15(20-14)16-13(19)9-8-12-6-4-11(3)5-7-12/h4-10H,1-3H3,(H,16,18,19)/b9-8+. The predicted octanol–water partition coefficient (Wildman–Crippen LogP) is 3.62. The molecule has 0 unspecified atom stereocenters. The summed E-state index contributed by atoms with van der Waals surface area (Å²) in [7, 11) is 0. The molecule has 0 bridgehead atoms. The number of hydrogen-bond acceptors (Lipinski definition) is 4. The molecule has 20 heavy (non-hydrogen) atoms. The molecule has 0 aliphatic heterocycles. The van der Waals surface area contributed by atoms with Crippen LogP contribution in [0.2, 0.25) is 0 Å². The summed E-state index contributed by atoms with van der Waals surface area (Å²) in [4.78, 5) is 11.8. The van der Waals surface area contributed by atoms with Gasteiger partial charge in [-0.1, -0.05) is 55.0 Å². The number of aryl methyl sites for hydroxylation is 1. The summed E-state index contributed by atoms with van der Waals surface area (Å²) < 4.78 is 0. The Morgan fingerprint density at radius 1 is 1.25 bits per heavy atom. The van der Waals surface area contributed by atoms with Crippen molar-refractivity contribution in [2.45, 2.75) is 26.7 Å². The van der Waals surface area contributed by atoms with E-state index in [1.807, 2.05) is 45.0 Å². The maximum atomic E-state index is 11.8. The normalized spacial score (nSPS) is 11.2. The summed E-state index contributed by atoms with van der Waals surface area (Å²) in [5.41, 5.74) is 2.19. The second-order valence-electron chi connectivity index (χ2n) is 4.83. The summed E-state index contributed by atoms with van der Waals surface area (Å²) >= 11 is 1.40. The van der Waals surface area contributed by atoms with Crippen LogP contribution in [0.25, 0.3) is 6.08 Å². The van der Waals surface area contributed by atoms with Gasteiger partial charge in [0.05, 0.1) is 0 Å². The molecule has 1 aromatic carbocycles. The smallest absolute Gasteiger partial charge is 0.250 e. The van der Waals surface area contributed by atoms with Crippen molar-refractivity contribution in [2.75, 3.05) is 5.32 Å². The average molecular weight is 287 g/mol. The van der Waals surface area contributed by atoms with Crippen LogP contribution in [0.4, 0.5) is 5.13 Å². The van der Waals surface area contributed by atoms with Gasteiger partial charge in [-0.15, -0.1) is 10.2 Å². The van der Waals surface area contributed by atoms with E-state index in [0.29, 0.717) is 11.0 Å². The van der Waals surface area contributed by atoms with E-state index in [0.717, 1.165) is 10.6 Å². The first kappa shape index (κ1) is 14.4. The SMILES string of the molecule is Cc1ccc(/C=C/C(=O)Nc2nnc(C(C)C)s2)cc1. The fraction of sp³-hybridized carbons (Fsp3) is 0.267. The van der Waals surface area contributed by atoms with Crippen molar-refractivity contribution in [1.82, 2.24) is 10.2 Å². The molecule has 0 atom stereocenters. The molecule has 0 aliphatic carbocycles. The lowest BCUT2D eigenvalue weighted by Crippen LogP contribution is -2.07. The molecule has 1 aromatic heterocycles. The van der Waals surface area contributed by atoms with Crippen LogP contribution in [-0.2, 0) is 4.79 Å². The minimum atomic E-state index is -0.197. The lowest BCUT2D eigenvalue weighted by Gasteiger charge is -1.97. The molecule has 104 valence electrons. The number of nitrogens with one attached hydrogen (secondary N) is 1. The Hall–Kier alpha value is -2.01. The Balaban J connectivity index is 1.96. The molecule has 2 aromatic rings. The van der Waals surface area contributed by atoms with Crippen molar-refractivity contribution in [2.24, 2.45) is 0 Å². The predicted molar refractivity (Wildman–Crippen MR) is 82.8 cm³/mol. The molecule has 0 fully saturated rings. The average Bonchev–Trinajstić information content (AvgIpc) is 2.87. The Morgan fingerprint density at radius 2 is 1.95 bits per heavy atom. The Morgan fingerprint density at radius 3 is 2.55 bits per heavy atom. The fourth-order valence-corrected chi connectivity index (χ4v) is 2.26. The summed E-state index contributed by atoms with van der Waals surface area (Å²) in [5, 5.41) is 12.1. The van der Waals surface area contributed by atoms with Crippen LogP contribution in [0, 0.1) is 6.92 Å². The van der Waals surface area contributed by atoms with Crippen molar-refractivity contribution in [3.8, 4) is 0 Å². The van der Waals surface area contributed by atoms with Gasteiger partial charge in [-0.25, -0.2) is 0 Å². The molecule has 4 nitrogen and oxygen atoms in total. The van der Waals surface area contributed by atoms with Gasteiger partial charge in [-0.05, 0) is 18.6 Å². The minimum Gasteiger partial charge on any atom is -0.297 e. The van der Waals surface area contributed by atoms with Crippen LogP contribution in [0.15, 0.2) is 30.3 Å². The van der Waals surface area contributed by atoms with Crippen molar-refractivity contribution >= 4 is 28.5 Å². The summed E-state index contributed by atoms with van der Waals surface area (Å²) in [5.74, 6) is 0.123. The van der Waals surface area contributed by atoms with Crippen LogP contribution >= 0.6 is 11.3 Å². The fourth-order valence-electron chi connectivity index (χ4n) is 1.51. The van der Waals surface area contributed by atoms with Crippen molar-refractivity contribution in [1.29, 1.82) is 0 Å². The quantitative estimate of drug-likeness (QED) is 0.874. The number of carbonyl (C=O) groups excluding carboxylic acids is 1. The molecular formula is C15H17N3OS. The van der Waals surface area contributed by atoms with Gasteiger partial charge >= 0.3 is 0 Å². The van der Waals surface area contributed by atoms with E-state index in [-0.39, 0.29) is 5.91 Å². The van der Waals surface area contributed by atoms with E-state index >= 15 is 0 Å². The van der Waals surface area contributed by atoms with Gasteiger partial charge in [-0.2, -0.15) is 0 Å². The zero-order chi connectivity index (χ0) is 14.5. The van der Waals surface area contributed by atoms with E-state index in [2.05, 4.69) is 15.5 Å². The second-order valence-corrected chi connectivity index (χ2v) is 5.84. The first-order chi connectivity index (χ1) is 9.54. The molecule has 0 saturated carbocycles. The molecule has 1 heterocycles. The number of carbonyl (C=O) groups is 1. The third kappa shape index (κ3) is 3.99. The van der Waals surface area contributed by atoms with Gasteiger partial charge in [0.15, 0.2) is 0 Å². The van der Waals surface area contributed by atoms with Gasteiger partial charge in [0.25, 0.3) is 0 Å². The molecule has 0 saturated heterocycles. The monoisotopic (exact) mass is 287 g/mol. The van der Waals surface area contributed by atoms with E-state index < -0.39 is 0 Å². The largest absolute Gasteiger partial charge is 0.297 e. The minimum absolute atomic E-state index is 0.197. The highest BCUT2D eigenvalue weighted by Crippen LogP contribution is 2.22. The molecule has 0 aliphatic rings. The zero-order valence-electron chi connectivity index (χ0n) is 11.8. The maximum absolute atomic E-state index is 11.8. The van der Waals surface area contributed by atoms with Crippen LogP contribution in [0.1, 0.15) is 35.9 Å². The highest BCUT2D eigenvalue weighted by molar-refractivity contribution is 7.15. The highest BCUT2D eigenvalue weighted by atomic mass is 32.1. The number of aromatic nitrogens is 2. The number of nitrogens with zero attached hydrogens (tertiary/aromatic N) is 2. The van der Waals surface area contributed by atoms with Crippen LogP contribution in [0.5, 0.6) is 0 Å². The first-order valence-electron chi connectivity index (χ1n) is 6.44. The lowest BCUT2D eigenvalue weighted by atomic mass is 10.1. The number of hydrogen-bond donors (Lipinski definition) is 1. The van der Waals surface area contributed by atoms with Crippen LogP contribution < -0.4 is 5.32 Å². The van der Waals surface area contributed by atoms with Gasteiger partial charge < -0.3 is 0 Å². The molecular weight excluding hydrogens is 270 g/mol.